The van der Waals surface area contributed by atoms with Crippen molar-refractivity contribution >= 4 is 17.5 Å². The number of rotatable bonds is 6. The average Bonchev–Trinajstić information content (AvgIpc) is 3.28. The summed E-state index contributed by atoms with van der Waals surface area (Å²) in [5, 5.41) is 23.1. The lowest BCUT2D eigenvalue weighted by Crippen LogP contribution is -2.25. The Morgan fingerprint density at radius 1 is 1.40 bits per heavy atom. The van der Waals surface area contributed by atoms with Gasteiger partial charge in [-0.15, -0.1) is 0 Å². The molecule has 106 valence electrons. The van der Waals surface area contributed by atoms with Crippen LogP contribution in [0.25, 0.3) is 0 Å². The first-order valence-corrected chi connectivity index (χ1v) is 6.70. The number of hydrogen-bond donors (Lipinski definition) is 2. The Kier molecular flexibility index (Phi) is 3.04. The van der Waals surface area contributed by atoms with Gasteiger partial charge >= 0.3 is 11.7 Å². The number of nitrogens with one attached hydrogen (secondary N) is 1. The molecule has 0 aliphatic heterocycles. The first-order chi connectivity index (χ1) is 9.56. The van der Waals surface area contributed by atoms with E-state index in [1.807, 2.05) is 0 Å². The summed E-state index contributed by atoms with van der Waals surface area (Å²) < 4.78 is 0. The van der Waals surface area contributed by atoms with Gasteiger partial charge in [0.05, 0.1) is 10.5 Å². The Morgan fingerprint density at radius 3 is 2.45 bits per heavy atom. The van der Waals surface area contributed by atoms with E-state index in [4.69, 9.17) is 5.11 Å². The molecule has 2 saturated carbocycles. The van der Waals surface area contributed by atoms with E-state index >= 15 is 0 Å². The molecule has 1 aromatic heterocycles. The lowest BCUT2D eigenvalue weighted by Gasteiger charge is -2.18. The molecule has 7 nitrogen and oxygen atoms in total. The van der Waals surface area contributed by atoms with E-state index in [0.29, 0.717) is 11.8 Å². The number of carbonyl (C=O) groups is 1. The molecule has 7 heteroatoms. The van der Waals surface area contributed by atoms with Crippen molar-refractivity contribution in [2.24, 2.45) is 11.8 Å². The number of nitrogens with zero attached hydrogens (tertiary/aromatic N) is 2. The first kappa shape index (κ1) is 12.8. The molecule has 3 rings (SSSR count). The zero-order valence-electron chi connectivity index (χ0n) is 10.8. The minimum atomic E-state index is -1.21. The number of nitro groups is 1. The highest BCUT2D eigenvalue weighted by molar-refractivity contribution is 5.88. The molecular formula is C13H15N3O4. The van der Waals surface area contributed by atoms with Gasteiger partial charge in [-0.2, -0.15) is 0 Å². The maximum absolute atomic E-state index is 11.1. The van der Waals surface area contributed by atoms with E-state index in [-0.39, 0.29) is 23.1 Å². The van der Waals surface area contributed by atoms with Gasteiger partial charge in [-0.25, -0.2) is 9.78 Å². The highest BCUT2D eigenvalue weighted by Gasteiger charge is 2.42. The van der Waals surface area contributed by atoms with E-state index in [9.17, 15) is 14.9 Å². The molecule has 20 heavy (non-hydrogen) atoms. The summed E-state index contributed by atoms with van der Waals surface area (Å²) in [6, 6.07) is 1.30. The molecule has 0 radical (unpaired) electrons. The van der Waals surface area contributed by atoms with Crippen molar-refractivity contribution in [2.75, 3.05) is 5.32 Å². The summed E-state index contributed by atoms with van der Waals surface area (Å²) in [5.74, 6) is 0.114. The Morgan fingerprint density at radius 2 is 2.00 bits per heavy atom. The number of carboxylic acid groups (broad SMARTS) is 1. The molecule has 0 spiro atoms. The third-order valence-corrected chi connectivity index (χ3v) is 3.87. The van der Waals surface area contributed by atoms with Crippen LogP contribution in [-0.4, -0.2) is 27.0 Å². The first-order valence-electron chi connectivity index (χ1n) is 6.70. The maximum Gasteiger partial charge on any atom is 0.337 e. The van der Waals surface area contributed by atoms with Crippen molar-refractivity contribution in [1.29, 1.82) is 0 Å². The van der Waals surface area contributed by atoms with E-state index < -0.39 is 10.9 Å². The Labute approximate surface area is 115 Å². The summed E-state index contributed by atoms with van der Waals surface area (Å²) in [4.78, 5) is 25.3. The quantitative estimate of drug-likeness (QED) is 0.610. The molecule has 1 heterocycles. The molecule has 2 fully saturated rings. The van der Waals surface area contributed by atoms with Crippen molar-refractivity contribution < 1.29 is 14.8 Å². The van der Waals surface area contributed by atoms with Gasteiger partial charge in [0, 0.05) is 18.3 Å². The van der Waals surface area contributed by atoms with Crippen LogP contribution < -0.4 is 5.32 Å². The molecule has 0 atom stereocenters. The van der Waals surface area contributed by atoms with Gasteiger partial charge in [0.1, 0.15) is 0 Å². The summed E-state index contributed by atoms with van der Waals surface area (Å²) in [7, 11) is 0. The van der Waals surface area contributed by atoms with Crippen molar-refractivity contribution in [2.45, 2.75) is 31.7 Å². The van der Waals surface area contributed by atoms with E-state index in [2.05, 4.69) is 10.3 Å². The number of hydrogen-bond acceptors (Lipinski definition) is 5. The number of aromatic carboxylic acids is 1. The van der Waals surface area contributed by atoms with Crippen LogP contribution in [0.3, 0.4) is 0 Å². The van der Waals surface area contributed by atoms with Crippen LogP contribution in [0.5, 0.6) is 0 Å². The average molecular weight is 277 g/mol. The third kappa shape index (κ3) is 2.56. The lowest BCUT2D eigenvalue weighted by molar-refractivity contribution is -0.384. The second-order valence-corrected chi connectivity index (χ2v) is 5.50. The minimum Gasteiger partial charge on any atom is -0.478 e. The zero-order valence-corrected chi connectivity index (χ0v) is 10.8. The molecule has 0 bridgehead atoms. The highest BCUT2D eigenvalue weighted by Crippen LogP contribution is 2.46. The molecule has 2 aliphatic rings. The Bertz CT molecular complexity index is 555. The third-order valence-electron chi connectivity index (χ3n) is 3.87. The standard InChI is InChI=1S/C13H15N3O4/c17-13(18)9-5-10(16(19)20)12(14-6-9)15-11(7-1-2-7)8-3-4-8/h5-8,11H,1-4H2,(H,14,15)(H,17,18). The minimum absolute atomic E-state index is 0.170. The van der Waals surface area contributed by atoms with E-state index in [0.717, 1.165) is 37.9 Å². The second kappa shape index (κ2) is 4.73. The molecule has 0 amide bonds. The molecular weight excluding hydrogens is 262 g/mol. The van der Waals surface area contributed by atoms with E-state index in [1.54, 1.807) is 0 Å². The van der Waals surface area contributed by atoms with Crippen LogP contribution in [-0.2, 0) is 0 Å². The summed E-state index contributed by atoms with van der Waals surface area (Å²) in [5.41, 5.74) is -0.437. The lowest BCUT2D eigenvalue weighted by atomic mass is 10.1. The van der Waals surface area contributed by atoms with Crippen LogP contribution >= 0.6 is 0 Å². The van der Waals surface area contributed by atoms with Crippen LogP contribution in [0.15, 0.2) is 12.3 Å². The normalized spacial score (nSPS) is 18.1. The molecule has 1 aromatic rings. The van der Waals surface area contributed by atoms with Crippen LogP contribution in [0.4, 0.5) is 11.5 Å². The van der Waals surface area contributed by atoms with Gasteiger partial charge in [0.15, 0.2) is 0 Å². The smallest absolute Gasteiger partial charge is 0.337 e. The van der Waals surface area contributed by atoms with Crippen molar-refractivity contribution in [3.63, 3.8) is 0 Å². The molecule has 0 saturated heterocycles. The fraction of sp³-hybridized carbons (Fsp3) is 0.538. The van der Waals surface area contributed by atoms with Gasteiger partial charge in [-0.05, 0) is 37.5 Å². The van der Waals surface area contributed by atoms with Gasteiger partial charge in [0.2, 0.25) is 5.82 Å². The number of anilines is 1. The molecule has 2 aliphatic carbocycles. The van der Waals surface area contributed by atoms with E-state index in [1.165, 1.54) is 0 Å². The summed E-state index contributed by atoms with van der Waals surface area (Å²) in [6.07, 6.45) is 5.75. The van der Waals surface area contributed by atoms with Crippen LogP contribution in [0.2, 0.25) is 0 Å². The summed E-state index contributed by atoms with van der Waals surface area (Å²) >= 11 is 0. The van der Waals surface area contributed by atoms with Gasteiger partial charge in [0.25, 0.3) is 0 Å². The SMILES string of the molecule is O=C(O)c1cnc(NC(C2CC2)C2CC2)c([N+](=O)[O-])c1. The fourth-order valence-electron chi connectivity index (χ4n) is 2.51. The predicted molar refractivity (Wildman–Crippen MR) is 70.7 cm³/mol. The maximum atomic E-state index is 11.1. The van der Waals surface area contributed by atoms with Crippen LogP contribution in [0.1, 0.15) is 36.0 Å². The highest BCUT2D eigenvalue weighted by atomic mass is 16.6. The second-order valence-electron chi connectivity index (χ2n) is 5.50. The number of carboxylic acids is 1. The fourth-order valence-corrected chi connectivity index (χ4v) is 2.51. The van der Waals surface area contributed by atoms with Crippen molar-refractivity contribution in [3.05, 3.63) is 27.9 Å². The van der Waals surface area contributed by atoms with Gasteiger partial charge < -0.3 is 10.4 Å². The van der Waals surface area contributed by atoms with Gasteiger partial charge in [-0.3, -0.25) is 10.1 Å². The van der Waals surface area contributed by atoms with Gasteiger partial charge in [-0.1, -0.05) is 0 Å². The number of pyridine rings is 1. The summed E-state index contributed by atoms with van der Waals surface area (Å²) in [6.45, 7) is 0. The Hall–Kier alpha value is -2.18. The monoisotopic (exact) mass is 277 g/mol. The van der Waals surface area contributed by atoms with Crippen LogP contribution in [0, 0.1) is 22.0 Å². The largest absolute Gasteiger partial charge is 0.478 e. The van der Waals surface area contributed by atoms with Crippen molar-refractivity contribution in [3.8, 4) is 0 Å². The molecule has 2 N–H and O–H groups in total. The van der Waals surface area contributed by atoms with Crippen molar-refractivity contribution in [1.82, 2.24) is 4.98 Å². The predicted octanol–water partition coefficient (Wildman–Crippen LogP) is 2.29. The molecule has 0 aromatic carbocycles. The number of aromatic nitrogens is 1. The zero-order chi connectivity index (χ0) is 14.3. The Balaban J connectivity index is 1.87. The topological polar surface area (TPSA) is 105 Å². The molecule has 0 unspecified atom stereocenters.